The molecule has 4 nitrogen and oxygen atoms in total. The molecule has 2 aromatic rings. The van der Waals surface area contributed by atoms with Crippen LogP contribution in [0.1, 0.15) is 30.5 Å². The summed E-state index contributed by atoms with van der Waals surface area (Å²) in [4.78, 5) is 11.4. The molecule has 1 atom stereocenters. The Labute approximate surface area is 123 Å². The smallest absolute Gasteiger partial charge is 0.224 e. The Kier molecular flexibility index (Phi) is 3.62. The summed E-state index contributed by atoms with van der Waals surface area (Å²) in [5.41, 5.74) is 8.92. The maximum absolute atomic E-state index is 11.4. The zero-order valence-corrected chi connectivity index (χ0v) is 11.9. The SMILES string of the molecule is C[C@@H](N)c1ccccc1Oc1ccc2c(c1)CCC(=O)N2. The second-order valence-corrected chi connectivity index (χ2v) is 5.30. The minimum Gasteiger partial charge on any atom is -0.457 e. The number of hydrogen-bond acceptors (Lipinski definition) is 3. The van der Waals surface area contributed by atoms with E-state index >= 15 is 0 Å². The van der Waals surface area contributed by atoms with E-state index in [9.17, 15) is 4.79 Å². The van der Waals surface area contributed by atoms with Crippen molar-refractivity contribution in [2.24, 2.45) is 5.73 Å². The molecule has 0 radical (unpaired) electrons. The average Bonchev–Trinajstić information content (AvgIpc) is 2.48. The number of carbonyl (C=O) groups excluding carboxylic acids is 1. The largest absolute Gasteiger partial charge is 0.457 e. The van der Waals surface area contributed by atoms with Gasteiger partial charge in [0.1, 0.15) is 11.5 Å². The van der Waals surface area contributed by atoms with E-state index in [-0.39, 0.29) is 11.9 Å². The van der Waals surface area contributed by atoms with Crippen LogP contribution in [-0.4, -0.2) is 5.91 Å². The Morgan fingerprint density at radius 1 is 1.19 bits per heavy atom. The number of ether oxygens (including phenoxy) is 1. The van der Waals surface area contributed by atoms with E-state index < -0.39 is 0 Å². The lowest BCUT2D eigenvalue weighted by Crippen LogP contribution is -2.18. The van der Waals surface area contributed by atoms with Gasteiger partial charge in [-0.05, 0) is 43.2 Å². The molecule has 21 heavy (non-hydrogen) atoms. The molecule has 2 aromatic carbocycles. The standard InChI is InChI=1S/C17H18N2O2/c1-11(18)14-4-2-3-5-16(14)21-13-7-8-15-12(10-13)6-9-17(20)19-15/h2-5,7-8,10-11H,6,9,18H2,1H3,(H,19,20)/t11-/m1/s1. The predicted octanol–water partition coefficient (Wildman–Crippen LogP) is 3.38. The molecule has 1 aliphatic heterocycles. The zero-order valence-electron chi connectivity index (χ0n) is 11.9. The fourth-order valence-corrected chi connectivity index (χ4v) is 2.50. The molecule has 3 N–H and O–H groups in total. The number of hydrogen-bond donors (Lipinski definition) is 2. The summed E-state index contributed by atoms with van der Waals surface area (Å²) >= 11 is 0. The number of para-hydroxylation sites is 1. The van der Waals surface area contributed by atoms with Crippen LogP contribution in [0.3, 0.4) is 0 Å². The Bertz CT molecular complexity index is 680. The number of amides is 1. The van der Waals surface area contributed by atoms with Crippen molar-refractivity contribution in [1.82, 2.24) is 0 Å². The van der Waals surface area contributed by atoms with Crippen molar-refractivity contribution < 1.29 is 9.53 Å². The molecule has 3 rings (SSSR count). The maximum atomic E-state index is 11.4. The average molecular weight is 282 g/mol. The summed E-state index contributed by atoms with van der Waals surface area (Å²) in [6, 6.07) is 13.4. The van der Waals surface area contributed by atoms with Crippen LogP contribution in [0.4, 0.5) is 5.69 Å². The minimum absolute atomic E-state index is 0.0680. The molecular formula is C17H18N2O2. The number of carbonyl (C=O) groups is 1. The van der Waals surface area contributed by atoms with Crippen LogP contribution < -0.4 is 15.8 Å². The van der Waals surface area contributed by atoms with Crippen molar-refractivity contribution in [2.75, 3.05) is 5.32 Å². The minimum atomic E-state index is -0.0851. The van der Waals surface area contributed by atoms with Crippen molar-refractivity contribution >= 4 is 11.6 Å². The van der Waals surface area contributed by atoms with Gasteiger partial charge < -0.3 is 15.8 Å². The van der Waals surface area contributed by atoms with Crippen molar-refractivity contribution in [3.63, 3.8) is 0 Å². The summed E-state index contributed by atoms with van der Waals surface area (Å²) in [5, 5.41) is 2.87. The van der Waals surface area contributed by atoms with Gasteiger partial charge in [-0.2, -0.15) is 0 Å². The lowest BCUT2D eigenvalue weighted by atomic mass is 10.0. The van der Waals surface area contributed by atoms with Crippen LogP contribution in [0.2, 0.25) is 0 Å². The topological polar surface area (TPSA) is 64.3 Å². The van der Waals surface area contributed by atoms with E-state index in [1.807, 2.05) is 49.4 Å². The number of aryl methyl sites for hydroxylation is 1. The molecule has 4 heteroatoms. The van der Waals surface area contributed by atoms with Crippen molar-refractivity contribution in [1.29, 1.82) is 0 Å². The summed E-state index contributed by atoms with van der Waals surface area (Å²) < 4.78 is 5.97. The summed E-state index contributed by atoms with van der Waals surface area (Å²) in [7, 11) is 0. The quantitative estimate of drug-likeness (QED) is 0.907. The van der Waals surface area contributed by atoms with E-state index in [0.29, 0.717) is 6.42 Å². The first-order valence-electron chi connectivity index (χ1n) is 7.08. The van der Waals surface area contributed by atoms with Gasteiger partial charge in [0, 0.05) is 23.7 Å². The highest BCUT2D eigenvalue weighted by Crippen LogP contribution is 2.32. The Hall–Kier alpha value is -2.33. The van der Waals surface area contributed by atoms with Gasteiger partial charge in [-0.3, -0.25) is 4.79 Å². The van der Waals surface area contributed by atoms with Gasteiger partial charge in [-0.15, -0.1) is 0 Å². The van der Waals surface area contributed by atoms with E-state index in [1.165, 1.54) is 0 Å². The molecule has 0 unspecified atom stereocenters. The third kappa shape index (κ3) is 2.90. The number of anilines is 1. The highest BCUT2D eigenvalue weighted by atomic mass is 16.5. The first kappa shape index (κ1) is 13.6. The van der Waals surface area contributed by atoms with Gasteiger partial charge in [0.05, 0.1) is 0 Å². The van der Waals surface area contributed by atoms with Gasteiger partial charge >= 0.3 is 0 Å². The van der Waals surface area contributed by atoms with E-state index in [4.69, 9.17) is 10.5 Å². The van der Waals surface area contributed by atoms with Crippen molar-refractivity contribution in [2.45, 2.75) is 25.8 Å². The highest BCUT2D eigenvalue weighted by Gasteiger charge is 2.16. The van der Waals surface area contributed by atoms with Crippen LogP contribution >= 0.6 is 0 Å². The summed E-state index contributed by atoms with van der Waals surface area (Å²) in [6.07, 6.45) is 1.26. The first-order valence-corrected chi connectivity index (χ1v) is 7.08. The number of rotatable bonds is 3. The molecule has 1 heterocycles. The van der Waals surface area contributed by atoms with Gasteiger partial charge in [0.2, 0.25) is 5.91 Å². The fourth-order valence-electron chi connectivity index (χ4n) is 2.50. The number of nitrogens with one attached hydrogen (secondary N) is 1. The van der Waals surface area contributed by atoms with Crippen LogP contribution in [0.15, 0.2) is 42.5 Å². The van der Waals surface area contributed by atoms with Gasteiger partial charge in [-0.1, -0.05) is 18.2 Å². The molecule has 0 saturated heterocycles. The third-order valence-electron chi connectivity index (χ3n) is 3.61. The number of fused-ring (bicyclic) bond motifs is 1. The lowest BCUT2D eigenvalue weighted by Gasteiger charge is -2.18. The molecule has 0 saturated carbocycles. The highest BCUT2D eigenvalue weighted by molar-refractivity contribution is 5.94. The Morgan fingerprint density at radius 2 is 2.00 bits per heavy atom. The zero-order chi connectivity index (χ0) is 14.8. The monoisotopic (exact) mass is 282 g/mol. The van der Waals surface area contributed by atoms with Crippen molar-refractivity contribution in [3.05, 3.63) is 53.6 Å². The molecule has 1 amide bonds. The van der Waals surface area contributed by atoms with E-state index in [0.717, 1.165) is 34.7 Å². The molecular weight excluding hydrogens is 264 g/mol. The van der Waals surface area contributed by atoms with Crippen LogP contribution in [-0.2, 0) is 11.2 Å². The Balaban J connectivity index is 1.88. The maximum Gasteiger partial charge on any atom is 0.224 e. The third-order valence-corrected chi connectivity index (χ3v) is 3.61. The fraction of sp³-hybridized carbons (Fsp3) is 0.235. The molecule has 0 aromatic heterocycles. The molecule has 0 spiro atoms. The van der Waals surface area contributed by atoms with Crippen LogP contribution in [0.25, 0.3) is 0 Å². The second kappa shape index (κ2) is 5.58. The summed E-state index contributed by atoms with van der Waals surface area (Å²) in [6.45, 7) is 1.94. The second-order valence-electron chi connectivity index (χ2n) is 5.30. The number of benzene rings is 2. The Morgan fingerprint density at radius 3 is 2.81 bits per heavy atom. The molecule has 0 fully saturated rings. The normalized spacial score (nSPS) is 15.0. The molecule has 0 bridgehead atoms. The molecule has 1 aliphatic rings. The van der Waals surface area contributed by atoms with Gasteiger partial charge in [-0.25, -0.2) is 0 Å². The summed E-state index contributed by atoms with van der Waals surface area (Å²) in [5.74, 6) is 1.60. The lowest BCUT2D eigenvalue weighted by molar-refractivity contribution is -0.116. The predicted molar refractivity (Wildman–Crippen MR) is 82.5 cm³/mol. The molecule has 0 aliphatic carbocycles. The number of nitrogens with two attached hydrogens (primary N) is 1. The van der Waals surface area contributed by atoms with Crippen LogP contribution in [0, 0.1) is 0 Å². The van der Waals surface area contributed by atoms with Crippen molar-refractivity contribution in [3.8, 4) is 11.5 Å². The van der Waals surface area contributed by atoms with E-state index in [2.05, 4.69) is 5.32 Å². The van der Waals surface area contributed by atoms with E-state index in [1.54, 1.807) is 0 Å². The first-order chi connectivity index (χ1) is 10.1. The van der Waals surface area contributed by atoms with Gasteiger partial charge in [0.15, 0.2) is 0 Å². The molecule has 108 valence electrons. The van der Waals surface area contributed by atoms with Crippen LogP contribution in [0.5, 0.6) is 11.5 Å². The van der Waals surface area contributed by atoms with Gasteiger partial charge in [0.25, 0.3) is 0 Å².